The minimum absolute atomic E-state index is 0.0813. The summed E-state index contributed by atoms with van der Waals surface area (Å²) in [4.78, 5) is 17.2. The number of anilines is 1. The van der Waals surface area contributed by atoms with E-state index in [1.165, 1.54) is 12.1 Å². The number of aromatic nitrogens is 2. The van der Waals surface area contributed by atoms with Crippen LogP contribution in [0.15, 0.2) is 33.8 Å². The minimum atomic E-state index is -2.97. The zero-order valence-corrected chi connectivity index (χ0v) is 19.6. The second-order valence-corrected chi connectivity index (χ2v) is 12.0. The standard InChI is InChI=1S/C20H22ClF3N6O2S/c1-19(2)17(25)28-20(3,14-6-7-26-33(14,19)32)11-8-10(4-5-13(11)22)27-16(31)15-12(21)9-30(29-15)18(23)24/h4-5,8-9,14,18H,6-7H2,1-3H3,(H2,25,28)(H,27,31)/t14-,20+,33?/m0/s1. The predicted molar refractivity (Wildman–Crippen MR) is 120 cm³/mol. The maximum Gasteiger partial charge on any atom is 0.333 e. The molecule has 1 aromatic carbocycles. The molecule has 13 heteroatoms. The van der Waals surface area contributed by atoms with E-state index in [9.17, 15) is 17.8 Å². The van der Waals surface area contributed by atoms with Gasteiger partial charge in [0.05, 0.1) is 26.2 Å². The Kier molecular flexibility index (Phi) is 5.51. The Balaban J connectivity index is 1.74. The number of nitrogens with zero attached hydrogens (tertiary/aromatic N) is 4. The van der Waals surface area contributed by atoms with Crippen molar-refractivity contribution in [2.75, 3.05) is 11.9 Å². The van der Waals surface area contributed by atoms with Gasteiger partial charge in [-0.3, -0.25) is 9.79 Å². The summed E-state index contributed by atoms with van der Waals surface area (Å²) in [5, 5.41) is 5.12. The number of fused-ring (bicyclic) bond motifs is 1. The van der Waals surface area contributed by atoms with Gasteiger partial charge in [-0.1, -0.05) is 11.6 Å². The fourth-order valence-electron chi connectivity index (χ4n) is 4.31. The average molecular weight is 503 g/mol. The first-order valence-corrected chi connectivity index (χ1v) is 12.0. The monoisotopic (exact) mass is 502 g/mol. The number of amides is 1. The van der Waals surface area contributed by atoms with Crippen molar-refractivity contribution < 1.29 is 22.2 Å². The van der Waals surface area contributed by atoms with E-state index in [1.54, 1.807) is 20.8 Å². The lowest BCUT2D eigenvalue weighted by Crippen LogP contribution is -2.58. The Bertz CT molecular complexity index is 1300. The first kappa shape index (κ1) is 23.6. The molecular formula is C20H22ClF3N6O2S. The van der Waals surface area contributed by atoms with Crippen LogP contribution in [0.25, 0.3) is 0 Å². The fraction of sp³-hybridized carbons (Fsp3) is 0.450. The van der Waals surface area contributed by atoms with Gasteiger partial charge in [-0.2, -0.15) is 13.9 Å². The van der Waals surface area contributed by atoms with Crippen LogP contribution >= 0.6 is 11.6 Å². The molecule has 3 N–H and O–H groups in total. The van der Waals surface area contributed by atoms with Crippen LogP contribution in [-0.4, -0.2) is 42.3 Å². The minimum Gasteiger partial charge on any atom is -0.386 e. The summed E-state index contributed by atoms with van der Waals surface area (Å²) in [5.41, 5.74) is 4.72. The number of nitrogens with two attached hydrogens (primary N) is 1. The van der Waals surface area contributed by atoms with Crippen molar-refractivity contribution in [3.8, 4) is 0 Å². The molecule has 0 radical (unpaired) electrons. The highest BCUT2D eigenvalue weighted by Gasteiger charge is 2.56. The topological polar surface area (TPSA) is 115 Å². The van der Waals surface area contributed by atoms with Crippen LogP contribution in [-0.2, 0) is 15.3 Å². The van der Waals surface area contributed by atoms with Gasteiger partial charge in [-0.05, 0) is 45.4 Å². The number of benzene rings is 1. The lowest BCUT2D eigenvalue weighted by molar-refractivity contribution is 0.0561. The van der Waals surface area contributed by atoms with Gasteiger partial charge in [0.1, 0.15) is 21.9 Å². The van der Waals surface area contributed by atoms with Gasteiger partial charge in [0.2, 0.25) is 0 Å². The van der Waals surface area contributed by atoms with Gasteiger partial charge in [0.25, 0.3) is 5.91 Å². The maximum absolute atomic E-state index is 15.1. The average Bonchev–Trinajstić information content (AvgIpc) is 3.33. The second-order valence-electron chi connectivity index (χ2n) is 8.59. The van der Waals surface area contributed by atoms with E-state index in [0.29, 0.717) is 13.0 Å². The van der Waals surface area contributed by atoms with Gasteiger partial charge in [-0.15, -0.1) is 0 Å². The van der Waals surface area contributed by atoms with Crippen molar-refractivity contribution in [2.24, 2.45) is 15.1 Å². The Hall–Kier alpha value is -2.60. The van der Waals surface area contributed by atoms with E-state index in [2.05, 4.69) is 19.8 Å². The predicted octanol–water partition coefficient (Wildman–Crippen LogP) is 3.93. The molecule has 0 bridgehead atoms. The number of aliphatic imine (C=N–C) groups is 1. The molecule has 4 rings (SSSR count). The molecule has 1 aromatic heterocycles. The number of hydrogen-bond donors (Lipinski definition) is 2. The van der Waals surface area contributed by atoms with Gasteiger partial charge in [0, 0.05) is 17.8 Å². The molecule has 178 valence electrons. The van der Waals surface area contributed by atoms with E-state index in [-0.39, 0.29) is 26.8 Å². The molecule has 8 nitrogen and oxygen atoms in total. The van der Waals surface area contributed by atoms with E-state index in [0.717, 1.165) is 12.3 Å². The Morgan fingerprint density at radius 1 is 1.36 bits per heavy atom. The van der Waals surface area contributed by atoms with E-state index >= 15 is 4.39 Å². The third kappa shape index (κ3) is 3.50. The molecule has 0 saturated carbocycles. The molecule has 0 fully saturated rings. The maximum atomic E-state index is 15.1. The zero-order valence-electron chi connectivity index (χ0n) is 18.0. The first-order chi connectivity index (χ1) is 15.3. The lowest BCUT2D eigenvalue weighted by atomic mass is 9.85. The molecule has 3 atom stereocenters. The van der Waals surface area contributed by atoms with E-state index in [4.69, 9.17) is 17.3 Å². The normalized spacial score (nSPS) is 28.2. The van der Waals surface area contributed by atoms with Gasteiger partial charge < -0.3 is 11.1 Å². The van der Waals surface area contributed by atoms with E-state index in [1.807, 2.05) is 0 Å². The molecule has 33 heavy (non-hydrogen) atoms. The van der Waals surface area contributed by atoms with E-state index < -0.39 is 49.2 Å². The number of amidine groups is 1. The summed E-state index contributed by atoms with van der Waals surface area (Å²) in [7, 11) is -2.87. The molecule has 2 aliphatic heterocycles. The third-order valence-corrected chi connectivity index (χ3v) is 10.2. The van der Waals surface area contributed by atoms with Crippen molar-refractivity contribution in [1.29, 1.82) is 0 Å². The summed E-state index contributed by atoms with van der Waals surface area (Å²) in [6.07, 6.45) is 1.27. The van der Waals surface area contributed by atoms with Crippen LogP contribution in [0.4, 0.5) is 18.9 Å². The van der Waals surface area contributed by atoms with Crippen LogP contribution in [0.3, 0.4) is 0 Å². The molecule has 0 spiro atoms. The number of carbonyl (C=O) groups excluding carboxylic acids is 1. The quantitative estimate of drug-likeness (QED) is 0.659. The number of carbonyl (C=O) groups is 1. The highest BCUT2D eigenvalue weighted by atomic mass is 35.5. The van der Waals surface area contributed by atoms with Crippen molar-refractivity contribution >= 4 is 38.8 Å². The summed E-state index contributed by atoms with van der Waals surface area (Å²) in [6.45, 7) is 2.45. The molecule has 3 heterocycles. The number of nitrogens with one attached hydrogen (secondary N) is 1. The van der Waals surface area contributed by atoms with Crippen LogP contribution in [0.2, 0.25) is 5.02 Å². The summed E-state index contributed by atoms with van der Waals surface area (Å²) < 4.78 is 58.2. The second kappa shape index (κ2) is 7.73. The van der Waals surface area contributed by atoms with Crippen LogP contribution < -0.4 is 11.1 Å². The van der Waals surface area contributed by atoms with Crippen LogP contribution in [0.1, 0.15) is 49.8 Å². The molecule has 1 amide bonds. The largest absolute Gasteiger partial charge is 0.386 e. The summed E-state index contributed by atoms with van der Waals surface area (Å²) in [6, 6.07) is 3.79. The van der Waals surface area contributed by atoms with Crippen molar-refractivity contribution in [1.82, 2.24) is 9.78 Å². The molecule has 0 saturated heterocycles. The van der Waals surface area contributed by atoms with Crippen molar-refractivity contribution in [2.45, 2.75) is 49.3 Å². The Morgan fingerprint density at radius 2 is 2.06 bits per heavy atom. The Morgan fingerprint density at radius 3 is 2.70 bits per heavy atom. The van der Waals surface area contributed by atoms with Gasteiger partial charge in [-0.25, -0.2) is 17.6 Å². The smallest absolute Gasteiger partial charge is 0.333 e. The molecule has 0 aliphatic carbocycles. The third-order valence-electron chi connectivity index (χ3n) is 6.26. The summed E-state index contributed by atoms with van der Waals surface area (Å²) >= 11 is 5.86. The van der Waals surface area contributed by atoms with Crippen LogP contribution in [0, 0.1) is 5.82 Å². The first-order valence-electron chi connectivity index (χ1n) is 10.0. The number of halogens is 4. The highest BCUT2D eigenvalue weighted by molar-refractivity contribution is 7.96. The molecular weight excluding hydrogens is 481 g/mol. The fourth-order valence-corrected chi connectivity index (χ4v) is 7.70. The number of alkyl halides is 2. The Labute approximate surface area is 193 Å². The zero-order chi connectivity index (χ0) is 24.3. The number of rotatable bonds is 4. The summed E-state index contributed by atoms with van der Waals surface area (Å²) in [5.74, 6) is -1.37. The highest BCUT2D eigenvalue weighted by Crippen LogP contribution is 2.48. The SMILES string of the molecule is CC1(C)C(N)=N[C@](C)(c2cc(NC(=O)c3nn(C(F)F)cc3Cl)ccc2F)[C@@H]2CCN=S21=O. The van der Waals surface area contributed by atoms with Crippen LogP contribution in [0.5, 0.6) is 0 Å². The van der Waals surface area contributed by atoms with Gasteiger partial charge >= 0.3 is 6.55 Å². The molecule has 1 unspecified atom stereocenters. The number of hydrogen-bond acceptors (Lipinski definition) is 6. The van der Waals surface area contributed by atoms with Crippen molar-refractivity contribution in [3.63, 3.8) is 0 Å². The van der Waals surface area contributed by atoms with Crippen molar-refractivity contribution in [3.05, 3.63) is 46.5 Å². The molecule has 2 aliphatic rings. The molecule has 2 aromatic rings. The lowest BCUT2D eigenvalue weighted by Gasteiger charge is -2.44. The van der Waals surface area contributed by atoms with Gasteiger partial charge in [0.15, 0.2) is 5.69 Å².